The highest BCUT2D eigenvalue weighted by Crippen LogP contribution is 2.18. The summed E-state index contributed by atoms with van der Waals surface area (Å²) in [5, 5.41) is 4.66. The van der Waals surface area contributed by atoms with E-state index >= 15 is 0 Å². The maximum atomic E-state index is 12.7. The van der Waals surface area contributed by atoms with E-state index in [1.807, 2.05) is 51.1 Å². The fraction of sp³-hybridized carbons (Fsp3) is 0.333. The van der Waals surface area contributed by atoms with Gasteiger partial charge in [0.25, 0.3) is 5.56 Å². The second kappa shape index (κ2) is 6.16. The predicted molar refractivity (Wildman–Crippen MR) is 96.0 cm³/mol. The Balaban J connectivity index is 1.95. The van der Waals surface area contributed by atoms with E-state index in [2.05, 4.69) is 15.5 Å². The number of nitrogens with one attached hydrogen (secondary N) is 1. The second-order valence-corrected chi connectivity index (χ2v) is 6.96. The van der Waals surface area contributed by atoms with Gasteiger partial charge in [-0.2, -0.15) is 5.10 Å². The van der Waals surface area contributed by atoms with Crippen LogP contribution in [0.1, 0.15) is 32.2 Å². The van der Waals surface area contributed by atoms with Crippen molar-refractivity contribution in [3.63, 3.8) is 0 Å². The van der Waals surface area contributed by atoms with Crippen molar-refractivity contribution < 1.29 is 4.79 Å². The lowest BCUT2D eigenvalue weighted by Gasteiger charge is -2.20. The van der Waals surface area contributed by atoms with Gasteiger partial charge >= 0.3 is 0 Å². The second-order valence-electron chi connectivity index (χ2n) is 6.96. The minimum Gasteiger partial charge on any atom is -0.273 e. The number of carbonyl (C=O) groups is 1. The van der Waals surface area contributed by atoms with Crippen LogP contribution in [-0.2, 0) is 16.8 Å². The van der Waals surface area contributed by atoms with Gasteiger partial charge in [-0.05, 0) is 33.3 Å². The molecule has 0 radical (unpaired) electrons. The molecule has 3 aromatic rings. The van der Waals surface area contributed by atoms with Crippen LogP contribution in [0.5, 0.6) is 0 Å². The van der Waals surface area contributed by atoms with Crippen LogP contribution in [0.3, 0.4) is 0 Å². The summed E-state index contributed by atoms with van der Waals surface area (Å²) in [6.45, 7) is 7.65. The zero-order valence-electron chi connectivity index (χ0n) is 14.8. The average Bonchev–Trinajstić information content (AvgIpc) is 2.96. The number of hydrogen-bond donors (Lipinski definition) is 1. The number of aryl methyl sites for hydroxylation is 1. The van der Waals surface area contributed by atoms with Gasteiger partial charge in [-0.3, -0.25) is 15.0 Å². The van der Waals surface area contributed by atoms with Gasteiger partial charge in [-0.15, -0.1) is 0 Å². The largest absolute Gasteiger partial charge is 0.283 e. The number of hydrogen-bond acceptors (Lipinski definition) is 4. The molecule has 0 spiro atoms. The molecule has 130 valence electrons. The third kappa shape index (κ3) is 3.31. The third-order valence-corrected chi connectivity index (χ3v) is 3.85. The van der Waals surface area contributed by atoms with Crippen molar-refractivity contribution in [2.75, 3.05) is 5.43 Å². The first kappa shape index (κ1) is 16.9. The highest BCUT2D eigenvalue weighted by atomic mass is 16.2. The fourth-order valence-corrected chi connectivity index (χ4v) is 2.64. The Morgan fingerprint density at radius 1 is 1.20 bits per heavy atom. The molecule has 1 N–H and O–H groups in total. The highest BCUT2D eigenvalue weighted by molar-refractivity contribution is 5.86. The number of carbonyl (C=O) groups excluding carboxylic acids is 1. The van der Waals surface area contributed by atoms with E-state index in [9.17, 15) is 9.59 Å². The molecule has 7 nitrogen and oxygen atoms in total. The van der Waals surface area contributed by atoms with Gasteiger partial charge in [-0.25, -0.2) is 14.3 Å². The minimum absolute atomic E-state index is 0.187. The van der Waals surface area contributed by atoms with Crippen LogP contribution in [0.4, 0.5) is 0 Å². The summed E-state index contributed by atoms with van der Waals surface area (Å²) in [4.78, 5) is 29.5. The van der Waals surface area contributed by atoms with Crippen molar-refractivity contribution >= 4 is 16.9 Å². The molecule has 0 saturated carbocycles. The number of benzene rings is 1. The summed E-state index contributed by atoms with van der Waals surface area (Å²) in [5.74, 6) is 0.130. The first-order valence-electron chi connectivity index (χ1n) is 8.09. The van der Waals surface area contributed by atoms with E-state index in [4.69, 9.17) is 0 Å². The molecule has 7 heteroatoms. The lowest BCUT2D eigenvalue weighted by molar-refractivity contribution is -0.116. The van der Waals surface area contributed by atoms with Crippen molar-refractivity contribution in [3.05, 3.63) is 58.3 Å². The van der Waals surface area contributed by atoms with Crippen molar-refractivity contribution in [1.82, 2.24) is 19.4 Å². The molecule has 0 aliphatic heterocycles. The Hall–Kier alpha value is -2.96. The first-order valence-corrected chi connectivity index (χ1v) is 8.09. The summed E-state index contributed by atoms with van der Waals surface area (Å²) in [6, 6.07) is 9.36. The lowest BCUT2D eigenvalue weighted by atomic mass is 10.1. The summed E-state index contributed by atoms with van der Waals surface area (Å²) >= 11 is 0. The molecule has 1 amide bonds. The van der Waals surface area contributed by atoms with Gasteiger partial charge in [0.1, 0.15) is 11.2 Å². The number of aromatic nitrogens is 4. The van der Waals surface area contributed by atoms with Gasteiger partial charge < -0.3 is 0 Å². The van der Waals surface area contributed by atoms with E-state index in [0.29, 0.717) is 16.9 Å². The van der Waals surface area contributed by atoms with Crippen molar-refractivity contribution in [2.24, 2.45) is 0 Å². The average molecular weight is 339 g/mol. The molecule has 1 aromatic carbocycles. The minimum atomic E-state index is -0.334. The van der Waals surface area contributed by atoms with Crippen LogP contribution in [0.2, 0.25) is 0 Å². The van der Waals surface area contributed by atoms with Crippen molar-refractivity contribution in [1.29, 1.82) is 0 Å². The first-order chi connectivity index (χ1) is 11.8. The molecule has 0 aliphatic carbocycles. The Morgan fingerprint density at radius 2 is 1.88 bits per heavy atom. The number of nitrogens with zero attached hydrogens (tertiary/aromatic N) is 4. The SMILES string of the molecule is Cc1nc2c(cnn2C(C)(C)C)c(=O)n1NC(=O)Cc1ccccc1. The van der Waals surface area contributed by atoms with Crippen molar-refractivity contribution in [3.8, 4) is 0 Å². The van der Waals surface area contributed by atoms with Crippen LogP contribution < -0.4 is 11.0 Å². The van der Waals surface area contributed by atoms with E-state index in [1.54, 1.807) is 11.6 Å². The van der Waals surface area contributed by atoms with Gasteiger partial charge in [0.15, 0.2) is 5.65 Å². The van der Waals surface area contributed by atoms with E-state index in [0.717, 1.165) is 5.56 Å². The quantitative estimate of drug-likeness (QED) is 0.791. The molecule has 0 aliphatic rings. The fourth-order valence-electron chi connectivity index (χ4n) is 2.64. The molecular weight excluding hydrogens is 318 g/mol. The zero-order valence-corrected chi connectivity index (χ0v) is 14.8. The molecule has 25 heavy (non-hydrogen) atoms. The Morgan fingerprint density at radius 3 is 2.52 bits per heavy atom. The molecule has 0 unspecified atom stereocenters. The predicted octanol–water partition coefficient (Wildman–Crippen LogP) is 1.97. The summed E-state index contributed by atoms with van der Waals surface area (Å²) in [7, 11) is 0. The molecule has 0 atom stereocenters. The smallest absolute Gasteiger partial charge is 0.273 e. The summed E-state index contributed by atoms with van der Waals surface area (Å²) < 4.78 is 2.90. The van der Waals surface area contributed by atoms with Crippen molar-refractivity contribution in [2.45, 2.75) is 39.7 Å². The summed E-state index contributed by atoms with van der Waals surface area (Å²) in [6.07, 6.45) is 1.68. The Kier molecular flexibility index (Phi) is 4.16. The van der Waals surface area contributed by atoms with Gasteiger partial charge in [0, 0.05) is 0 Å². The van der Waals surface area contributed by atoms with Crippen LogP contribution >= 0.6 is 0 Å². The Labute approximate surface area is 145 Å². The van der Waals surface area contributed by atoms with Crippen LogP contribution in [-0.4, -0.2) is 25.3 Å². The van der Waals surface area contributed by atoms with Crippen LogP contribution in [0, 0.1) is 6.92 Å². The van der Waals surface area contributed by atoms with E-state index < -0.39 is 0 Å². The van der Waals surface area contributed by atoms with Gasteiger partial charge in [0.2, 0.25) is 5.91 Å². The van der Waals surface area contributed by atoms with Gasteiger partial charge in [-0.1, -0.05) is 30.3 Å². The number of rotatable bonds is 3. The summed E-state index contributed by atoms with van der Waals surface area (Å²) in [5.41, 5.74) is 3.40. The van der Waals surface area contributed by atoms with E-state index in [-0.39, 0.29) is 23.4 Å². The number of fused-ring (bicyclic) bond motifs is 1. The van der Waals surface area contributed by atoms with Crippen LogP contribution in [0.15, 0.2) is 41.3 Å². The zero-order chi connectivity index (χ0) is 18.2. The molecule has 3 rings (SSSR count). The maximum absolute atomic E-state index is 12.7. The molecule has 2 heterocycles. The van der Waals surface area contributed by atoms with E-state index in [1.165, 1.54) is 10.9 Å². The lowest BCUT2D eigenvalue weighted by Crippen LogP contribution is -2.36. The Bertz CT molecular complexity index is 980. The molecule has 0 fully saturated rings. The molecular formula is C18H21N5O2. The highest BCUT2D eigenvalue weighted by Gasteiger charge is 2.21. The maximum Gasteiger partial charge on any atom is 0.283 e. The normalized spacial score (nSPS) is 11.7. The monoisotopic (exact) mass is 339 g/mol. The van der Waals surface area contributed by atoms with Gasteiger partial charge in [0.05, 0.1) is 18.2 Å². The number of amides is 1. The van der Waals surface area contributed by atoms with Crippen LogP contribution in [0.25, 0.3) is 11.0 Å². The molecule has 2 aromatic heterocycles. The standard InChI is InChI=1S/C18H21N5O2/c1-12-20-16-14(11-19-23(16)18(2,3)4)17(25)22(12)21-15(24)10-13-8-6-5-7-9-13/h5-9,11H,10H2,1-4H3,(H,21,24). The molecule has 0 bridgehead atoms. The topological polar surface area (TPSA) is 81.8 Å². The third-order valence-electron chi connectivity index (χ3n) is 3.85. The molecule has 0 saturated heterocycles.